The van der Waals surface area contributed by atoms with Crippen molar-refractivity contribution in [2.75, 3.05) is 10.6 Å². The molecule has 0 saturated carbocycles. The summed E-state index contributed by atoms with van der Waals surface area (Å²) in [4.78, 5) is 29.4. The van der Waals surface area contributed by atoms with Crippen LogP contribution in [0.25, 0.3) is 10.8 Å². The van der Waals surface area contributed by atoms with Gasteiger partial charge in [-0.25, -0.2) is 4.68 Å². The molecular weight excluding hydrogens is 342 g/mol. The van der Waals surface area contributed by atoms with Gasteiger partial charge in [-0.15, -0.1) is 0 Å². The Labute approximate surface area is 156 Å². The molecule has 27 heavy (non-hydrogen) atoms. The second-order valence-electron chi connectivity index (χ2n) is 7.18. The number of carbonyl (C=O) groups is 2. The number of nitrogens with zero attached hydrogens (tertiary/aromatic N) is 3. The van der Waals surface area contributed by atoms with Crippen molar-refractivity contribution in [2.45, 2.75) is 32.7 Å². The smallest absolute Gasteiger partial charge is 0.249 e. The number of hydrogen-bond acceptors (Lipinski definition) is 4. The largest absolute Gasteiger partial charge is 0.324 e. The minimum Gasteiger partial charge on any atom is -0.324 e. The lowest BCUT2D eigenvalue weighted by Crippen LogP contribution is -2.36. The Bertz CT molecular complexity index is 1020. The third kappa shape index (κ3) is 3.40. The molecule has 1 aliphatic heterocycles. The number of nitrogens with one attached hydrogen (secondary N) is 2. The van der Waals surface area contributed by atoms with E-state index in [1.54, 1.807) is 0 Å². The quantitative estimate of drug-likeness (QED) is 0.745. The Morgan fingerprint density at radius 1 is 1.26 bits per heavy atom. The van der Waals surface area contributed by atoms with Gasteiger partial charge in [0.05, 0.1) is 6.42 Å². The van der Waals surface area contributed by atoms with Gasteiger partial charge in [0.15, 0.2) is 5.82 Å². The zero-order valence-corrected chi connectivity index (χ0v) is 15.3. The Kier molecular flexibility index (Phi) is 4.35. The Morgan fingerprint density at radius 3 is 2.85 bits per heavy atom. The average molecular weight is 363 g/mol. The maximum absolute atomic E-state index is 13.0. The summed E-state index contributed by atoms with van der Waals surface area (Å²) in [6, 6.07) is 12.9. The predicted octanol–water partition coefficient (Wildman–Crippen LogP) is 3.15. The van der Waals surface area contributed by atoms with Crippen molar-refractivity contribution in [1.82, 2.24) is 14.8 Å². The second kappa shape index (κ2) is 6.83. The van der Waals surface area contributed by atoms with Crippen molar-refractivity contribution in [3.05, 3.63) is 48.3 Å². The fraction of sp³-hybridized carbons (Fsp3) is 0.300. The van der Waals surface area contributed by atoms with Gasteiger partial charge in [0.2, 0.25) is 17.8 Å². The van der Waals surface area contributed by atoms with E-state index < -0.39 is 6.04 Å². The average Bonchev–Trinajstić information content (AvgIpc) is 3.02. The molecule has 0 radical (unpaired) electrons. The molecule has 0 aliphatic carbocycles. The molecule has 7 heteroatoms. The molecule has 0 fully saturated rings. The van der Waals surface area contributed by atoms with Crippen LogP contribution in [0.4, 0.5) is 11.6 Å². The van der Waals surface area contributed by atoms with E-state index in [1.165, 1.54) is 4.68 Å². The SMILES string of the molecule is CC(C)Cc1nc2n(n1)[C@@H](C(=O)Nc1cccc3ccccc13)CC(=O)N2. The summed E-state index contributed by atoms with van der Waals surface area (Å²) in [6.45, 7) is 4.15. The Morgan fingerprint density at radius 2 is 2.04 bits per heavy atom. The van der Waals surface area contributed by atoms with Crippen molar-refractivity contribution in [2.24, 2.45) is 5.92 Å². The van der Waals surface area contributed by atoms with Gasteiger partial charge in [-0.3, -0.25) is 14.9 Å². The molecule has 1 aromatic heterocycles. The number of aromatic nitrogens is 3. The number of benzene rings is 2. The number of hydrogen-bond donors (Lipinski definition) is 2. The topological polar surface area (TPSA) is 88.9 Å². The van der Waals surface area contributed by atoms with Gasteiger partial charge in [-0.1, -0.05) is 50.2 Å². The van der Waals surface area contributed by atoms with Crippen LogP contribution < -0.4 is 10.6 Å². The van der Waals surface area contributed by atoms with Crippen LogP contribution >= 0.6 is 0 Å². The molecule has 1 aliphatic rings. The monoisotopic (exact) mass is 363 g/mol. The first-order chi connectivity index (χ1) is 13.0. The molecule has 0 saturated heterocycles. The Balaban J connectivity index is 1.64. The summed E-state index contributed by atoms with van der Waals surface area (Å²) in [7, 11) is 0. The zero-order chi connectivity index (χ0) is 19.0. The highest BCUT2D eigenvalue weighted by Crippen LogP contribution is 2.27. The minimum absolute atomic E-state index is 0.0358. The number of fused-ring (bicyclic) bond motifs is 2. The summed E-state index contributed by atoms with van der Waals surface area (Å²) in [5, 5.41) is 12.1. The molecular formula is C20H21N5O2. The first kappa shape index (κ1) is 17.2. The third-order valence-corrected chi connectivity index (χ3v) is 4.54. The lowest BCUT2D eigenvalue weighted by atomic mass is 10.1. The van der Waals surface area contributed by atoms with Gasteiger partial charge in [-0.05, 0) is 17.4 Å². The van der Waals surface area contributed by atoms with Gasteiger partial charge >= 0.3 is 0 Å². The van der Waals surface area contributed by atoms with Crippen LogP contribution in [0.15, 0.2) is 42.5 Å². The molecule has 0 bridgehead atoms. The summed E-state index contributed by atoms with van der Waals surface area (Å²) >= 11 is 0. The molecule has 1 atom stereocenters. The standard InChI is InChI=1S/C20H21N5O2/c1-12(2)10-17-22-20-23-18(26)11-16(25(20)24-17)19(27)21-15-9-5-7-13-6-3-4-8-14(13)15/h3-9,12,16H,10-11H2,1-2H3,(H,21,27)(H,22,23,24,26)/t16-/m1/s1. The molecule has 138 valence electrons. The van der Waals surface area contributed by atoms with Crippen molar-refractivity contribution in [1.29, 1.82) is 0 Å². The highest BCUT2D eigenvalue weighted by molar-refractivity contribution is 6.05. The first-order valence-corrected chi connectivity index (χ1v) is 9.05. The van der Waals surface area contributed by atoms with Crippen LogP contribution in [0.5, 0.6) is 0 Å². The van der Waals surface area contributed by atoms with Crippen LogP contribution in [-0.4, -0.2) is 26.6 Å². The van der Waals surface area contributed by atoms with E-state index in [9.17, 15) is 9.59 Å². The number of carbonyl (C=O) groups excluding carboxylic acids is 2. The van der Waals surface area contributed by atoms with E-state index in [0.717, 1.165) is 10.8 Å². The van der Waals surface area contributed by atoms with E-state index in [2.05, 4.69) is 34.6 Å². The molecule has 0 spiro atoms. The Hall–Kier alpha value is -3.22. The number of anilines is 2. The maximum atomic E-state index is 13.0. The lowest BCUT2D eigenvalue weighted by molar-refractivity contribution is -0.125. The minimum atomic E-state index is -0.721. The van der Waals surface area contributed by atoms with E-state index in [4.69, 9.17) is 0 Å². The van der Waals surface area contributed by atoms with Crippen molar-refractivity contribution >= 4 is 34.2 Å². The number of amides is 2. The zero-order valence-electron chi connectivity index (χ0n) is 15.3. The molecule has 2 N–H and O–H groups in total. The fourth-order valence-corrected chi connectivity index (χ4v) is 3.31. The highest BCUT2D eigenvalue weighted by Gasteiger charge is 2.33. The summed E-state index contributed by atoms with van der Waals surface area (Å²) in [5.74, 6) is 0.839. The molecule has 0 unspecified atom stereocenters. The van der Waals surface area contributed by atoms with Gasteiger partial charge in [0.1, 0.15) is 6.04 Å². The van der Waals surface area contributed by atoms with E-state index in [0.29, 0.717) is 29.8 Å². The first-order valence-electron chi connectivity index (χ1n) is 9.05. The van der Waals surface area contributed by atoms with Crippen molar-refractivity contribution in [3.8, 4) is 0 Å². The molecule has 4 rings (SSSR count). The molecule has 3 aromatic rings. The van der Waals surface area contributed by atoms with Crippen molar-refractivity contribution < 1.29 is 9.59 Å². The lowest BCUT2D eigenvalue weighted by Gasteiger charge is -2.22. The molecule has 2 aromatic carbocycles. The summed E-state index contributed by atoms with van der Waals surface area (Å²) in [6.07, 6.45) is 0.724. The maximum Gasteiger partial charge on any atom is 0.249 e. The van der Waals surface area contributed by atoms with Gasteiger partial charge < -0.3 is 5.32 Å². The van der Waals surface area contributed by atoms with Crippen LogP contribution in [0.2, 0.25) is 0 Å². The third-order valence-electron chi connectivity index (χ3n) is 4.54. The summed E-state index contributed by atoms with van der Waals surface area (Å²) < 4.78 is 1.53. The number of rotatable bonds is 4. The summed E-state index contributed by atoms with van der Waals surface area (Å²) in [5.41, 5.74) is 0.716. The van der Waals surface area contributed by atoms with Crippen molar-refractivity contribution in [3.63, 3.8) is 0 Å². The van der Waals surface area contributed by atoms with Crippen LogP contribution in [0, 0.1) is 5.92 Å². The van der Waals surface area contributed by atoms with Crippen LogP contribution in [-0.2, 0) is 16.0 Å². The molecule has 7 nitrogen and oxygen atoms in total. The molecule has 2 amide bonds. The van der Waals surface area contributed by atoms with E-state index >= 15 is 0 Å². The van der Waals surface area contributed by atoms with Crippen LogP contribution in [0.1, 0.15) is 32.1 Å². The highest BCUT2D eigenvalue weighted by atomic mass is 16.2. The van der Waals surface area contributed by atoms with Gasteiger partial charge in [0.25, 0.3) is 0 Å². The normalized spacial score (nSPS) is 16.3. The van der Waals surface area contributed by atoms with E-state index in [-0.39, 0.29) is 18.2 Å². The predicted molar refractivity (Wildman–Crippen MR) is 103 cm³/mol. The van der Waals surface area contributed by atoms with E-state index in [1.807, 2.05) is 42.5 Å². The van der Waals surface area contributed by atoms with Crippen LogP contribution in [0.3, 0.4) is 0 Å². The van der Waals surface area contributed by atoms with Gasteiger partial charge in [-0.2, -0.15) is 10.1 Å². The molecule has 2 heterocycles. The van der Waals surface area contributed by atoms with Gasteiger partial charge in [0, 0.05) is 17.5 Å². The fourth-order valence-electron chi connectivity index (χ4n) is 3.31. The second-order valence-corrected chi connectivity index (χ2v) is 7.18.